The first-order valence-electron chi connectivity index (χ1n) is 7.60. The van der Waals surface area contributed by atoms with Crippen molar-refractivity contribution in [3.63, 3.8) is 0 Å². The number of morpholine rings is 1. The summed E-state index contributed by atoms with van der Waals surface area (Å²) < 4.78 is 12.7. The van der Waals surface area contributed by atoms with Gasteiger partial charge in [0.15, 0.2) is 0 Å². The molecule has 5 nitrogen and oxygen atoms in total. The van der Waals surface area contributed by atoms with E-state index in [1.165, 1.54) is 5.56 Å². The van der Waals surface area contributed by atoms with Crippen LogP contribution in [0.2, 0.25) is 0 Å². The summed E-state index contributed by atoms with van der Waals surface area (Å²) in [6, 6.07) is 8.38. The first-order chi connectivity index (χ1) is 10.7. The monoisotopic (exact) mass is 365 g/mol. The van der Waals surface area contributed by atoms with E-state index in [0.29, 0.717) is 18.4 Å². The van der Waals surface area contributed by atoms with Crippen LogP contribution in [0.25, 0.3) is 0 Å². The second-order valence-corrected chi connectivity index (χ2v) is 6.39. The molecule has 1 aliphatic rings. The molecule has 118 valence electrons. The third-order valence-corrected chi connectivity index (χ3v) is 4.50. The van der Waals surface area contributed by atoms with E-state index in [4.69, 9.17) is 9.15 Å². The van der Waals surface area contributed by atoms with Crippen LogP contribution >= 0.6 is 15.9 Å². The average Bonchev–Trinajstić information content (AvgIpc) is 3.03. The Labute approximate surface area is 138 Å². The van der Waals surface area contributed by atoms with Crippen molar-refractivity contribution in [2.45, 2.75) is 32.4 Å². The van der Waals surface area contributed by atoms with Crippen LogP contribution in [-0.4, -0.2) is 34.8 Å². The van der Waals surface area contributed by atoms with E-state index >= 15 is 0 Å². The fourth-order valence-electron chi connectivity index (χ4n) is 2.66. The molecule has 1 aromatic carbocycles. The van der Waals surface area contributed by atoms with E-state index < -0.39 is 0 Å². The molecule has 2 unspecified atom stereocenters. The van der Waals surface area contributed by atoms with Crippen LogP contribution in [0.4, 0.5) is 0 Å². The number of hydrogen-bond acceptors (Lipinski definition) is 5. The smallest absolute Gasteiger partial charge is 0.233 e. The zero-order valence-electron chi connectivity index (χ0n) is 12.8. The maximum atomic E-state index is 5.93. The van der Waals surface area contributed by atoms with E-state index in [2.05, 4.69) is 50.1 Å². The number of hydrogen-bond donors (Lipinski definition) is 0. The fourth-order valence-corrected chi connectivity index (χ4v) is 3.08. The van der Waals surface area contributed by atoms with E-state index in [1.807, 2.05) is 19.1 Å². The number of nitrogens with zero attached hydrogens (tertiary/aromatic N) is 3. The molecule has 22 heavy (non-hydrogen) atoms. The fraction of sp³-hybridized carbons (Fsp3) is 0.500. The van der Waals surface area contributed by atoms with Gasteiger partial charge in [0, 0.05) is 24.0 Å². The molecule has 0 saturated carbocycles. The second kappa shape index (κ2) is 6.89. The van der Waals surface area contributed by atoms with Crippen LogP contribution in [0, 0.1) is 0 Å². The summed E-state index contributed by atoms with van der Waals surface area (Å²) >= 11 is 3.52. The molecule has 3 rings (SSSR count). The molecule has 0 N–H and O–H groups in total. The van der Waals surface area contributed by atoms with Crippen molar-refractivity contribution in [3.8, 4) is 0 Å². The van der Waals surface area contributed by atoms with Gasteiger partial charge in [0.1, 0.15) is 0 Å². The van der Waals surface area contributed by atoms with Crippen molar-refractivity contribution in [1.82, 2.24) is 15.1 Å². The van der Waals surface area contributed by atoms with Crippen LogP contribution in [0.1, 0.15) is 43.3 Å². The minimum atomic E-state index is 0.0715. The molecule has 0 amide bonds. The lowest BCUT2D eigenvalue weighted by Gasteiger charge is -2.35. The molecule has 2 atom stereocenters. The summed E-state index contributed by atoms with van der Waals surface area (Å²) in [7, 11) is 0. The predicted molar refractivity (Wildman–Crippen MR) is 86.5 cm³/mol. The Morgan fingerprint density at radius 2 is 2.27 bits per heavy atom. The summed E-state index contributed by atoms with van der Waals surface area (Å²) in [4.78, 5) is 2.34. The average molecular weight is 366 g/mol. The molecule has 1 fully saturated rings. The zero-order valence-corrected chi connectivity index (χ0v) is 14.4. The molecular weight excluding hydrogens is 346 g/mol. The van der Waals surface area contributed by atoms with Gasteiger partial charge in [-0.15, -0.1) is 10.2 Å². The molecule has 2 aromatic rings. The van der Waals surface area contributed by atoms with Crippen molar-refractivity contribution in [3.05, 3.63) is 46.1 Å². The van der Waals surface area contributed by atoms with Gasteiger partial charge in [-0.1, -0.05) is 35.0 Å². The normalized spacial score (nSPS) is 21.0. The number of aromatic nitrogens is 2. The van der Waals surface area contributed by atoms with Crippen LogP contribution in [0.3, 0.4) is 0 Å². The Kier molecular flexibility index (Phi) is 4.90. The number of ether oxygens (including phenoxy) is 1. The quantitative estimate of drug-likeness (QED) is 0.829. The van der Waals surface area contributed by atoms with Crippen molar-refractivity contribution < 1.29 is 9.15 Å². The molecule has 0 aliphatic carbocycles. The molecule has 0 spiro atoms. The highest BCUT2D eigenvalue weighted by Crippen LogP contribution is 2.29. The number of halogens is 1. The van der Waals surface area contributed by atoms with Crippen LogP contribution in [-0.2, 0) is 11.2 Å². The van der Waals surface area contributed by atoms with E-state index in [0.717, 1.165) is 24.0 Å². The van der Waals surface area contributed by atoms with E-state index in [9.17, 15) is 0 Å². The number of benzene rings is 1. The first-order valence-corrected chi connectivity index (χ1v) is 8.40. The van der Waals surface area contributed by atoms with Gasteiger partial charge in [0.25, 0.3) is 0 Å². The molecule has 0 bridgehead atoms. The summed E-state index contributed by atoms with van der Waals surface area (Å²) in [5.74, 6) is 1.38. The Morgan fingerprint density at radius 3 is 3.00 bits per heavy atom. The van der Waals surface area contributed by atoms with Crippen LogP contribution < -0.4 is 0 Å². The standard InChI is InChI=1S/C16H20BrN3O2/c1-3-15-18-19-16(22-15)11(2)20-7-8-21-14(10-20)12-5-4-6-13(17)9-12/h4-6,9,11,14H,3,7-8,10H2,1-2H3. The highest BCUT2D eigenvalue weighted by atomic mass is 79.9. The molecule has 1 saturated heterocycles. The summed E-state index contributed by atoms with van der Waals surface area (Å²) in [6.45, 7) is 6.52. The van der Waals surface area contributed by atoms with Crippen LogP contribution in [0.5, 0.6) is 0 Å². The van der Waals surface area contributed by atoms with Gasteiger partial charge in [0.2, 0.25) is 11.8 Å². The number of aryl methyl sites for hydroxylation is 1. The zero-order chi connectivity index (χ0) is 15.5. The van der Waals surface area contributed by atoms with E-state index in [-0.39, 0.29) is 12.1 Å². The minimum absolute atomic E-state index is 0.0715. The predicted octanol–water partition coefficient (Wildman–Crippen LogP) is 3.53. The summed E-state index contributed by atoms with van der Waals surface area (Å²) in [5, 5.41) is 8.23. The Morgan fingerprint density at radius 1 is 1.41 bits per heavy atom. The van der Waals surface area contributed by atoms with Gasteiger partial charge in [-0.05, 0) is 24.6 Å². The highest BCUT2D eigenvalue weighted by Gasteiger charge is 2.28. The highest BCUT2D eigenvalue weighted by molar-refractivity contribution is 9.10. The SMILES string of the molecule is CCc1nnc(C(C)N2CCOC(c3cccc(Br)c3)C2)o1. The lowest BCUT2D eigenvalue weighted by Crippen LogP contribution is -2.40. The Bertz CT molecular complexity index is 631. The van der Waals surface area contributed by atoms with Gasteiger partial charge in [-0.2, -0.15) is 0 Å². The van der Waals surface area contributed by atoms with Crippen molar-refractivity contribution in [2.75, 3.05) is 19.7 Å². The van der Waals surface area contributed by atoms with Crippen molar-refractivity contribution in [2.24, 2.45) is 0 Å². The molecular formula is C16H20BrN3O2. The third-order valence-electron chi connectivity index (χ3n) is 4.01. The molecule has 2 heterocycles. The lowest BCUT2D eigenvalue weighted by atomic mass is 10.1. The van der Waals surface area contributed by atoms with Crippen LogP contribution in [0.15, 0.2) is 33.2 Å². The largest absolute Gasteiger partial charge is 0.424 e. The maximum Gasteiger partial charge on any atom is 0.233 e. The van der Waals surface area contributed by atoms with Gasteiger partial charge in [0.05, 0.1) is 18.8 Å². The molecule has 6 heteroatoms. The first kappa shape index (κ1) is 15.6. The third kappa shape index (κ3) is 3.39. The Hall–Kier alpha value is -1.24. The topological polar surface area (TPSA) is 51.4 Å². The lowest BCUT2D eigenvalue weighted by molar-refractivity contribution is -0.0465. The molecule has 1 aromatic heterocycles. The maximum absolute atomic E-state index is 5.93. The van der Waals surface area contributed by atoms with Crippen molar-refractivity contribution >= 4 is 15.9 Å². The minimum Gasteiger partial charge on any atom is -0.424 e. The van der Waals surface area contributed by atoms with E-state index in [1.54, 1.807) is 0 Å². The summed E-state index contributed by atoms with van der Waals surface area (Å²) in [6.07, 6.45) is 0.839. The molecule has 0 radical (unpaired) electrons. The van der Waals surface area contributed by atoms with Gasteiger partial charge in [-0.3, -0.25) is 4.90 Å². The van der Waals surface area contributed by atoms with Gasteiger partial charge >= 0.3 is 0 Å². The summed E-state index contributed by atoms with van der Waals surface area (Å²) in [5.41, 5.74) is 1.19. The van der Waals surface area contributed by atoms with Gasteiger partial charge in [-0.25, -0.2) is 0 Å². The van der Waals surface area contributed by atoms with Crippen molar-refractivity contribution in [1.29, 1.82) is 0 Å². The Balaban J connectivity index is 1.72. The molecule has 1 aliphatic heterocycles. The number of rotatable bonds is 4. The van der Waals surface area contributed by atoms with Gasteiger partial charge < -0.3 is 9.15 Å². The second-order valence-electron chi connectivity index (χ2n) is 5.47.